The number of methoxy groups -OCH3 is 1. The summed E-state index contributed by atoms with van der Waals surface area (Å²) in [5.41, 5.74) is 0.198. The van der Waals surface area contributed by atoms with Crippen molar-refractivity contribution < 1.29 is 43.7 Å². The van der Waals surface area contributed by atoms with Crippen molar-refractivity contribution in [2.45, 2.75) is 38.3 Å². The first-order valence-corrected chi connectivity index (χ1v) is 12.9. The van der Waals surface area contributed by atoms with E-state index in [2.05, 4.69) is 16.6 Å². The minimum Gasteiger partial charge on any atom is -0.506 e. The first-order chi connectivity index (χ1) is 18.9. The maximum absolute atomic E-state index is 14.3. The molecule has 6 atom stereocenters. The Morgan fingerprint density at radius 1 is 1.10 bits per heavy atom. The highest BCUT2D eigenvalue weighted by atomic mass is 16.5. The van der Waals surface area contributed by atoms with Gasteiger partial charge in [-0.1, -0.05) is 19.8 Å². The first kappa shape index (κ1) is 29.9. The fraction of sp³-hybridized carbons (Fsp3) is 0.517. The summed E-state index contributed by atoms with van der Waals surface area (Å²) in [5.74, 6) is -5.89. The number of esters is 1. The van der Waals surface area contributed by atoms with Crippen LogP contribution in [0, 0.1) is 34.5 Å². The Labute approximate surface area is 236 Å². The summed E-state index contributed by atoms with van der Waals surface area (Å²) in [7, 11) is 7.61. The van der Waals surface area contributed by atoms with E-state index >= 15 is 0 Å². The van der Waals surface area contributed by atoms with Crippen molar-refractivity contribution in [3.05, 3.63) is 22.8 Å². The Morgan fingerprint density at radius 2 is 1.71 bits per heavy atom. The van der Waals surface area contributed by atoms with Gasteiger partial charge in [-0.05, 0) is 44.0 Å². The smallest absolute Gasteiger partial charge is 0.384 e. The van der Waals surface area contributed by atoms with Gasteiger partial charge in [0.25, 0.3) is 0 Å². The lowest BCUT2D eigenvalue weighted by Crippen LogP contribution is -2.79. The third-order valence-electron chi connectivity index (χ3n) is 8.93. The predicted molar refractivity (Wildman–Crippen MR) is 144 cm³/mol. The van der Waals surface area contributed by atoms with Gasteiger partial charge in [-0.15, -0.1) is 0 Å². The van der Waals surface area contributed by atoms with Gasteiger partial charge in [-0.3, -0.25) is 28.9 Å². The van der Waals surface area contributed by atoms with Gasteiger partial charge in [-0.2, -0.15) is 0 Å². The van der Waals surface area contributed by atoms with Crippen LogP contribution in [0.1, 0.15) is 41.8 Å². The summed E-state index contributed by atoms with van der Waals surface area (Å²) in [4.78, 5) is 82.6. The second-order valence-corrected chi connectivity index (χ2v) is 12.0. The lowest BCUT2D eigenvalue weighted by molar-refractivity contribution is -0.203. The zero-order valence-corrected chi connectivity index (χ0v) is 23.9. The van der Waals surface area contributed by atoms with E-state index in [9.17, 15) is 39.0 Å². The molecule has 218 valence electrons. The number of nitrogens with zero attached hydrogens (tertiary/aromatic N) is 2. The number of hydrogen-bond donors (Lipinski definition) is 3. The van der Waals surface area contributed by atoms with Crippen LogP contribution in [-0.2, 0) is 35.1 Å². The largest absolute Gasteiger partial charge is 0.506 e. The number of nitrogens with two attached hydrogens (primary N) is 1. The zero-order valence-electron chi connectivity index (χ0n) is 23.9. The molecule has 12 heteroatoms. The molecule has 1 aromatic rings. The fourth-order valence-corrected chi connectivity index (χ4v) is 7.43. The summed E-state index contributed by atoms with van der Waals surface area (Å²) in [6.45, 7) is 3.12. The van der Waals surface area contributed by atoms with E-state index in [1.807, 2.05) is 0 Å². The maximum Gasteiger partial charge on any atom is 0.384 e. The number of phenolic OH excluding ortho intramolecular Hbond substituents is 1. The third-order valence-corrected chi connectivity index (χ3v) is 8.93. The molecule has 0 aliphatic heterocycles. The van der Waals surface area contributed by atoms with Gasteiger partial charge < -0.3 is 25.6 Å². The molecule has 2 fully saturated rings. The van der Waals surface area contributed by atoms with Crippen LogP contribution in [0.2, 0.25) is 0 Å². The van der Waals surface area contributed by atoms with Crippen molar-refractivity contribution >= 4 is 40.7 Å². The van der Waals surface area contributed by atoms with E-state index in [1.165, 1.54) is 32.0 Å². The van der Waals surface area contributed by atoms with Crippen LogP contribution in [0.4, 0.5) is 5.69 Å². The molecule has 1 amide bonds. The summed E-state index contributed by atoms with van der Waals surface area (Å²) in [6, 6.07) is 0.260. The van der Waals surface area contributed by atoms with Gasteiger partial charge in [0, 0.05) is 31.1 Å². The number of amides is 1. The van der Waals surface area contributed by atoms with Gasteiger partial charge in [0.2, 0.25) is 5.91 Å². The van der Waals surface area contributed by atoms with Gasteiger partial charge in [0.05, 0.1) is 30.2 Å². The number of carbonyl (C=O) groups is 6. The molecular weight excluding hydrogens is 534 g/mol. The number of fused-ring (bicyclic) bond motifs is 3. The molecule has 41 heavy (non-hydrogen) atoms. The second kappa shape index (κ2) is 9.49. The molecule has 3 aliphatic rings. The van der Waals surface area contributed by atoms with Crippen LogP contribution >= 0.6 is 0 Å². The molecule has 0 bridgehead atoms. The average molecular weight is 568 g/mol. The topological polar surface area (TPSA) is 185 Å². The number of carbonyl (C=O) groups excluding carboxylic acids is 6. The van der Waals surface area contributed by atoms with Crippen LogP contribution in [0.25, 0.3) is 0 Å². The number of phenols is 1. The standard InChI is InChI=1S/C29H33N3O9/c1-27-11-14-15(31(3)4)10-13(8-9-16(33)41-7)20(34)17(14)21(35)19(27)25(38)29(40)24(37)18(26(30)39)22(36)23(32(5)6)28(29,2)12-27/h10,18-19,23,34,40H,11-12H2,1-7H3,(H2,30,39)/t18?,19?,23-,27+,28+,29-/m1/s1. The monoisotopic (exact) mass is 567 g/mol. The van der Waals surface area contributed by atoms with E-state index in [4.69, 9.17) is 5.73 Å². The number of aliphatic hydroxyl groups is 1. The number of ether oxygens (including phenoxy) is 1. The normalized spacial score (nSPS) is 32.4. The number of rotatable bonds is 3. The van der Waals surface area contributed by atoms with Gasteiger partial charge in [0.1, 0.15) is 5.75 Å². The van der Waals surface area contributed by atoms with Crippen molar-refractivity contribution in [3.63, 3.8) is 0 Å². The number of aromatic hydroxyl groups is 1. The third kappa shape index (κ3) is 3.90. The van der Waals surface area contributed by atoms with E-state index < -0.39 is 75.1 Å². The Hall–Kier alpha value is -4.08. The summed E-state index contributed by atoms with van der Waals surface area (Å²) in [5, 5.41) is 23.2. The van der Waals surface area contributed by atoms with Crippen molar-refractivity contribution in [2.75, 3.05) is 40.2 Å². The Bertz CT molecular complexity index is 1500. The lowest BCUT2D eigenvalue weighted by Gasteiger charge is -2.61. The zero-order chi connectivity index (χ0) is 31.0. The molecule has 0 spiro atoms. The summed E-state index contributed by atoms with van der Waals surface area (Å²) in [6.07, 6.45) is -0.0644. The highest BCUT2D eigenvalue weighted by molar-refractivity contribution is 6.33. The Balaban J connectivity index is 2.00. The van der Waals surface area contributed by atoms with Crippen molar-refractivity contribution in [1.29, 1.82) is 0 Å². The molecule has 2 saturated carbocycles. The SMILES string of the molecule is COC(=O)C#Cc1cc(N(C)C)c2c(c1O)C(=O)C1C(=O)[C@]3(O)C(=O)C(C(N)=O)C(=O)[C@@H](N(C)C)[C@]3(C)C[C@]1(C)C2. The number of anilines is 1. The summed E-state index contributed by atoms with van der Waals surface area (Å²) < 4.78 is 4.52. The number of Topliss-reactive ketones (excluding diaryl/α,β-unsaturated/α-hetero) is 4. The number of primary amides is 1. The second-order valence-electron chi connectivity index (χ2n) is 12.0. The number of benzene rings is 1. The molecule has 3 aliphatic carbocycles. The molecule has 12 nitrogen and oxygen atoms in total. The minimum atomic E-state index is -2.89. The van der Waals surface area contributed by atoms with E-state index in [0.29, 0.717) is 11.3 Å². The Morgan fingerprint density at radius 3 is 2.22 bits per heavy atom. The van der Waals surface area contributed by atoms with Crippen LogP contribution in [-0.4, -0.2) is 97.1 Å². The highest BCUT2D eigenvalue weighted by Gasteiger charge is 2.76. The van der Waals surface area contributed by atoms with Crippen LogP contribution in [0.15, 0.2) is 6.07 Å². The molecule has 1 aromatic carbocycles. The molecule has 0 saturated heterocycles. The fourth-order valence-electron chi connectivity index (χ4n) is 7.43. The minimum absolute atomic E-state index is 0.0592. The number of ketones is 4. The maximum atomic E-state index is 14.3. The molecular formula is C29H33N3O9. The van der Waals surface area contributed by atoms with Gasteiger partial charge in [0.15, 0.2) is 34.7 Å². The van der Waals surface area contributed by atoms with Crippen molar-refractivity contribution in [2.24, 2.45) is 28.4 Å². The van der Waals surface area contributed by atoms with Crippen LogP contribution in [0.3, 0.4) is 0 Å². The Kier molecular flexibility index (Phi) is 6.92. The molecule has 0 aromatic heterocycles. The molecule has 0 radical (unpaired) electrons. The van der Waals surface area contributed by atoms with Crippen molar-refractivity contribution in [1.82, 2.24) is 4.90 Å². The number of hydrogen-bond acceptors (Lipinski definition) is 11. The number of likely N-dealkylation sites (N-methyl/N-ethyl adjacent to an activating group) is 1. The average Bonchev–Trinajstić information content (AvgIpc) is 2.84. The first-order valence-electron chi connectivity index (χ1n) is 12.9. The summed E-state index contributed by atoms with van der Waals surface area (Å²) >= 11 is 0. The lowest BCUT2D eigenvalue weighted by atomic mass is 9.42. The van der Waals surface area contributed by atoms with Gasteiger partial charge >= 0.3 is 5.97 Å². The predicted octanol–water partition coefficient (Wildman–Crippen LogP) is -0.762. The quantitative estimate of drug-likeness (QED) is 0.237. The van der Waals surface area contributed by atoms with Gasteiger partial charge in [-0.25, -0.2) is 4.79 Å². The molecule has 4 N–H and O–H groups in total. The van der Waals surface area contributed by atoms with E-state index in [1.54, 1.807) is 25.9 Å². The molecule has 2 unspecified atom stereocenters. The highest BCUT2D eigenvalue weighted by Crippen LogP contribution is 2.62. The molecule has 0 heterocycles. The molecule has 4 rings (SSSR count). The van der Waals surface area contributed by atoms with Crippen LogP contribution < -0.4 is 10.6 Å². The van der Waals surface area contributed by atoms with Crippen LogP contribution in [0.5, 0.6) is 5.75 Å². The van der Waals surface area contributed by atoms with E-state index in [0.717, 1.165) is 7.11 Å². The van der Waals surface area contributed by atoms with Crippen molar-refractivity contribution in [3.8, 4) is 17.6 Å². The van der Waals surface area contributed by atoms with E-state index in [-0.39, 0.29) is 24.0 Å².